The smallest absolute Gasteiger partial charge is 0.340 e. The van der Waals surface area contributed by atoms with E-state index >= 15 is 0 Å². The molecule has 0 unspecified atom stereocenters. The zero-order valence-corrected chi connectivity index (χ0v) is 20.0. The minimum absolute atomic E-state index is 0.158. The van der Waals surface area contributed by atoms with E-state index in [0.717, 1.165) is 22.0 Å². The van der Waals surface area contributed by atoms with E-state index in [2.05, 4.69) is 27.5 Å². The maximum absolute atomic E-state index is 13.1. The molecule has 0 saturated carbocycles. The first-order chi connectivity index (χ1) is 18.2. The quantitative estimate of drug-likeness (QED) is 0.251. The zero-order chi connectivity index (χ0) is 25.2. The van der Waals surface area contributed by atoms with Gasteiger partial charge in [0.05, 0.1) is 5.56 Å². The van der Waals surface area contributed by atoms with E-state index in [-0.39, 0.29) is 18.4 Å². The molecule has 0 fully saturated rings. The van der Waals surface area contributed by atoms with E-state index in [0.29, 0.717) is 29.1 Å². The third-order valence-electron chi connectivity index (χ3n) is 6.12. The van der Waals surface area contributed by atoms with Gasteiger partial charge in [-0.1, -0.05) is 84.0 Å². The van der Waals surface area contributed by atoms with Crippen molar-refractivity contribution in [2.75, 3.05) is 0 Å². The Labute approximate surface area is 212 Å². The number of hydrogen-bond donors (Lipinski definition) is 0. The number of para-hydroxylation sites is 1. The molecular formula is C29H22N4O4. The lowest BCUT2D eigenvalue weighted by Crippen LogP contribution is -2.05. The van der Waals surface area contributed by atoms with Crippen LogP contribution in [0.15, 0.2) is 100 Å². The molecule has 8 nitrogen and oxygen atoms in total. The van der Waals surface area contributed by atoms with Crippen molar-refractivity contribution < 1.29 is 18.5 Å². The van der Waals surface area contributed by atoms with E-state index in [1.807, 2.05) is 83.6 Å². The normalized spacial score (nSPS) is 11.2. The third-order valence-corrected chi connectivity index (χ3v) is 6.12. The number of carbonyl (C=O) groups excluding carboxylic acids is 1. The summed E-state index contributed by atoms with van der Waals surface area (Å²) in [5.41, 5.74) is 4.66. The lowest BCUT2D eigenvalue weighted by Gasteiger charge is -2.05. The SMILES string of the molecule is Cc1onc(-c2ccccc2)c1-c1nnc(COC(=O)c2cn(Cc3ccccc3)c3ccccc23)o1. The molecule has 0 radical (unpaired) electrons. The average Bonchev–Trinajstić information content (AvgIpc) is 3.66. The molecule has 0 spiro atoms. The van der Waals surface area contributed by atoms with Crippen molar-refractivity contribution in [3.05, 3.63) is 114 Å². The number of carbonyl (C=O) groups is 1. The minimum Gasteiger partial charge on any atom is -0.452 e. The Morgan fingerprint density at radius 1 is 0.919 bits per heavy atom. The molecule has 182 valence electrons. The van der Waals surface area contributed by atoms with Crippen LogP contribution in [0.3, 0.4) is 0 Å². The van der Waals surface area contributed by atoms with Crippen LogP contribution < -0.4 is 0 Å². The van der Waals surface area contributed by atoms with Crippen molar-refractivity contribution >= 4 is 16.9 Å². The largest absolute Gasteiger partial charge is 0.452 e. The second-order valence-electron chi connectivity index (χ2n) is 8.58. The molecule has 6 rings (SSSR count). The van der Waals surface area contributed by atoms with Crippen molar-refractivity contribution in [2.24, 2.45) is 0 Å². The molecule has 0 aliphatic heterocycles. The second-order valence-corrected chi connectivity index (χ2v) is 8.58. The van der Waals surface area contributed by atoms with Gasteiger partial charge in [0.1, 0.15) is 17.0 Å². The van der Waals surface area contributed by atoms with Gasteiger partial charge >= 0.3 is 5.97 Å². The van der Waals surface area contributed by atoms with Gasteiger partial charge in [0.25, 0.3) is 11.8 Å². The van der Waals surface area contributed by atoms with E-state index < -0.39 is 5.97 Å². The van der Waals surface area contributed by atoms with Crippen LogP contribution in [-0.4, -0.2) is 25.9 Å². The summed E-state index contributed by atoms with van der Waals surface area (Å²) in [6, 6.07) is 27.5. The highest BCUT2D eigenvalue weighted by Gasteiger charge is 2.23. The minimum atomic E-state index is -0.464. The maximum atomic E-state index is 13.1. The van der Waals surface area contributed by atoms with E-state index in [9.17, 15) is 4.79 Å². The Balaban J connectivity index is 1.22. The highest BCUT2D eigenvalue weighted by molar-refractivity contribution is 6.04. The highest BCUT2D eigenvalue weighted by atomic mass is 16.5. The molecule has 3 aromatic carbocycles. The zero-order valence-electron chi connectivity index (χ0n) is 20.0. The molecule has 0 saturated heterocycles. The van der Waals surface area contributed by atoms with Crippen molar-refractivity contribution in [3.63, 3.8) is 0 Å². The van der Waals surface area contributed by atoms with Gasteiger partial charge < -0.3 is 18.2 Å². The van der Waals surface area contributed by atoms with E-state index in [1.165, 1.54) is 0 Å². The first kappa shape index (κ1) is 22.5. The highest BCUT2D eigenvalue weighted by Crippen LogP contribution is 2.33. The number of benzene rings is 3. The van der Waals surface area contributed by atoms with Crippen LogP contribution in [0.1, 0.15) is 27.6 Å². The third kappa shape index (κ3) is 4.40. The monoisotopic (exact) mass is 490 g/mol. The molecule has 0 bridgehead atoms. The summed E-state index contributed by atoms with van der Waals surface area (Å²) >= 11 is 0. The summed E-state index contributed by atoms with van der Waals surface area (Å²) < 4.78 is 18.8. The van der Waals surface area contributed by atoms with Gasteiger partial charge in [0, 0.05) is 29.2 Å². The summed E-state index contributed by atoms with van der Waals surface area (Å²) in [6.45, 7) is 2.27. The number of aryl methyl sites for hydroxylation is 1. The predicted octanol–water partition coefficient (Wildman–Crippen LogP) is 6.06. The Morgan fingerprint density at radius 3 is 2.46 bits per heavy atom. The van der Waals surface area contributed by atoms with Crippen LogP contribution in [0.4, 0.5) is 0 Å². The number of aromatic nitrogens is 4. The number of fused-ring (bicyclic) bond motifs is 1. The van der Waals surface area contributed by atoms with E-state index in [1.54, 1.807) is 6.92 Å². The second kappa shape index (κ2) is 9.58. The molecule has 37 heavy (non-hydrogen) atoms. The fourth-order valence-electron chi connectivity index (χ4n) is 4.36. The predicted molar refractivity (Wildman–Crippen MR) is 137 cm³/mol. The van der Waals surface area contributed by atoms with E-state index in [4.69, 9.17) is 13.7 Å². The van der Waals surface area contributed by atoms with Crippen LogP contribution in [0, 0.1) is 6.92 Å². The van der Waals surface area contributed by atoms with Crippen molar-refractivity contribution in [1.29, 1.82) is 0 Å². The van der Waals surface area contributed by atoms with Crippen LogP contribution >= 0.6 is 0 Å². The van der Waals surface area contributed by atoms with Gasteiger partial charge in [-0.2, -0.15) is 0 Å². The molecular weight excluding hydrogens is 468 g/mol. The number of nitrogens with zero attached hydrogens (tertiary/aromatic N) is 4. The van der Waals surface area contributed by atoms with Crippen molar-refractivity contribution in [1.82, 2.24) is 19.9 Å². The first-order valence-electron chi connectivity index (χ1n) is 11.8. The topological polar surface area (TPSA) is 96.2 Å². The maximum Gasteiger partial charge on any atom is 0.340 e. The number of hydrogen-bond acceptors (Lipinski definition) is 7. The summed E-state index contributed by atoms with van der Waals surface area (Å²) in [5.74, 6) is 0.519. The average molecular weight is 491 g/mol. The van der Waals surface area contributed by atoms with Gasteiger partial charge in [-0.15, -0.1) is 10.2 Å². The van der Waals surface area contributed by atoms with Crippen LogP contribution in [-0.2, 0) is 17.9 Å². The number of esters is 1. The molecule has 0 N–H and O–H groups in total. The molecule has 3 aromatic heterocycles. The van der Waals surface area contributed by atoms with Crippen molar-refractivity contribution in [2.45, 2.75) is 20.1 Å². The number of ether oxygens (including phenoxy) is 1. The Kier molecular flexibility index (Phi) is 5.82. The summed E-state index contributed by atoms with van der Waals surface area (Å²) in [4.78, 5) is 13.1. The molecule has 0 amide bonds. The first-order valence-corrected chi connectivity index (χ1v) is 11.8. The lowest BCUT2D eigenvalue weighted by atomic mass is 10.1. The van der Waals surface area contributed by atoms with Gasteiger partial charge in [-0.3, -0.25) is 0 Å². The fraction of sp³-hybridized carbons (Fsp3) is 0.103. The molecule has 0 aliphatic rings. The Hall–Kier alpha value is -4.98. The molecule has 0 atom stereocenters. The molecule has 0 aliphatic carbocycles. The van der Waals surface area contributed by atoms with Gasteiger partial charge in [0.2, 0.25) is 0 Å². The van der Waals surface area contributed by atoms with Gasteiger partial charge in [0.15, 0.2) is 6.61 Å². The molecule has 6 aromatic rings. The van der Waals surface area contributed by atoms with Crippen molar-refractivity contribution in [3.8, 4) is 22.7 Å². The van der Waals surface area contributed by atoms with Crippen LogP contribution in [0.2, 0.25) is 0 Å². The fourth-order valence-corrected chi connectivity index (χ4v) is 4.36. The molecule has 3 heterocycles. The summed E-state index contributed by atoms with van der Waals surface area (Å²) in [6.07, 6.45) is 1.83. The van der Waals surface area contributed by atoms with Crippen LogP contribution in [0.5, 0.6) is 0 Å². The Bertz CT molecular complexity index is 1680. The summed E-state index contributed by atoms with van der Waals surface area (Å²) in [5, 5.41) is 13.2. The van der Waals surface area contributed by atoms with Gasteiger partial charge in [-0.25, -0.2) is 4.79 Å². The summed E-state index contributed by atoms with van der Waals surface area (Å²) in [7, 11) is 0. The standard InChI is InChI=1S/C29H22N4O4/c1-19-26(27(32-37-19)21-12-6-3-7-13-21)28-31-30-25(36-28)18-35-29(34)23-17-33(16-20-10-4-2-5-11-20)24-15-9-8-14-22(23)24/h2-15,17H,16,18H2,1H3. The van der Waals surface area contributed by atoms with Crippen LogP contribution in [0.25, 0.3) is 33.6 Å². The van der Waals surface area contributed by atoms with Gasteiger partial charge in [-0.05, 0) is 18.6 Å². The lowest BCUT2D eigenvalue weighted by molar-refractivity contribution is 0.0440. The number of rotatable bonds is 7. The molecule has 8 heteroatoms. The Morgan fingerprint density at radius 2 is 1.65 bits per heavy atom.